The van der Waals surface area contributed by atoms with E-state index in [0.717, 1.165) is 12.6 Å². The van der Waals surface area contributed by atoms with Gasteiger partial charge < -0.3 is 11.1 Å². The SMILES string of the molecule is NCCCCCNC1CC1. The first-order valence-electron chi connectivity index (χ1n) is 4.37. The predicted molar refractivity (Wildman–Crippen MR) is 43.9 cm³/mol. The zero-order chi connectivity index (χ0) is 7.23. The molecular weight excluding hydrogens is 124 g/mol. The normalized spacial score (nSPS) is 17.7. The number of nitrogens with one attached hydrogen (secondary N) is 1. The third-order valence-corrected chi connectivity index (χ3v) is 1.89. The molecule has 0 aromatic rings. The fourth-order valence-corrected chi connectivity index (χ4v) is 1.04. The summed E-state index contributed by atoms with van der Waals surface area (Å²) in [6.07, 6.45) is 6.57. The Kier molecular flexibility index (Phi) is 3.76. The fraction of sp³-hybridized carbons (Fsp3) is 1.00. The van der Waals surface area contributed by atoms with Crippen LogP contribution in [-0.4, -0.2) is 19.1 Å². The Labute approximate surface area is 63.2 Å². The summed E-state index contributed by atoms with van der Waals surface area (Å²) in [5.74, 6) is 0. The van der Waals surface area contributed by atoms with Crippen molar-refractivity contribution >= 4 is 0 Å². The number of hydrogen-bond acceptors (Lipinski definition) is 2. The molecule has 2 nitrogen and oxygen atoms in total. The maximum atomic E-state index is 5.36. The van der Waals surface area contributed by atoms with Gasteiger partial charge in [0.05, 0.1) is 0 Å². The van der Waals surface area contributed by atoms with Crippen molar-refractivity contribution in [3.05, 3.63) is 0 Å². The van der Waals surface area contributed by atoms with Crippen LogP contribution in [0.25, 0.3) is 0 Å². The van der Waals surface area contributed by atoms with Crippen LogP contribution in [0.2, 0.25) is 0 Å². The molecule has 0 aromatic carbocycles. The summed E-state index contributed by atoms with van der Waals surface area (Å²) in [5, 5.41) is 3.47. The van der Waals surface area contributed by atoms with E-state index in [-0.39, 0.29) is 0 Å². The molecule has 0 spiro atoms. The van der Waals surface area contributed by atoms with Gasteiger partial charge in [0, 0.05) is 6.04 Å². The Hall–Kier alpha value is -0.0800. The summed E-state index contributed by atoms with van der Waals surface area (Å²) in [4.78, 5) is 0. The van der Waals surface area contributed by atoms with Crippen LogP contribution in [0.3, 0.4) is 0 Å². The summed E-state index contributed by atoms with van der Waals surface area (Å²) < 4.78 is 0. The van der Waals surface area contributed by atoms with Crippen molar-refractivity contribution in [2.24, 2.45) is 5.73 Å². The summed E-state index contributed by atoms with van der Waals surface area (Å²) in [6, 6.07) is 0.873. The predicted octanol–water partition coefficient (Wildman–Crippen LogP) is 0.867. The molecule has 0 radical (unpaired) electrons. The third kappa shape index (κ3) is 3.85. The van der Waals surface area contributed by atoms with E-state index in [4.69, 9.17) is 5.73 Å². The van der Waals surface area contributed by atoms with Crippen molar-refractivity contribution in [2.45, 2.75) is 38.1 Å². The second kappa shape index (κ2) is 4.69. The van der Waals surface area contributed by atoms with Crippen LogP contribution in [0.4, 0.5) is 0 Å². The first-order valence-corrected chi connectivity index (χ1v) is 4.37. The highest BCUT2D eigenvalue weighted by molar-refractivity contribution is 4.80. The molecule has 0 aromatic heterocycles. The third-order valence-electron chi connectivity index (χ3n) is 1.89. The highest BCUT2D eigenvalue weighted by Gasteiger charge is 2.19. The first kappa shape index (κ1) is 8.02. The molecule has 0 saturated heterocycles. The van der Waals surface area contributed by atoms with E-state index >= 15 is 0 Å². The maximum absolute atomic E-state index is 5.36. The van der Waals surface area contributed by atoms with Crippen molar-refractivity contribution in [1.82, 2.24) is 5.32 Å². The molecule has 0 aliphatic heterocycles. The zero-order valence-electron chi connectivity index (χ0n) is 6.60. The lowest BCUT2D eigenvalue weighted by molar-refractivity contribution is 0.604. The summed E-state index contributed by atoms with van der Waals surface area (Å²) in [6.45, 7) is 2.05. The van der Waals surface area contributed by atoms with E-state index in [2.05, 4.69) is 5.32 Å². The Morgan fingerprint density at radius 1 is 1.20 bits per heavy atom. The van der Waals surface area contributed by atoms with E-state index in [0.29, 0.717) is 0 Å². The Morgan fingerprint density at radius 2 is 2.00 bits per heavy atom. The minimum atomic E-state index is 0.851. The van der Waals surface area contributed by atoms with E-state index < -0.39 is 0 Å². The maximum Gasteiger partial charge on any atom is 0.00682 e. The van der Waals surface area contributed by atoms with Gasteiger partial charge in [-0.05, 0) is 38.8 Å². The number of hydrogen-bond donors (Lipinski definition) is 2. The topological polar surface area (TPSA) is 38.0 Å². The molecule has 1 aliphatic rings. The Morgan fingerprint density at radius 3 is 2.60 bits per heavy atom. The van der Waals surface area contributed by atoms with Gasteiger partial charge in [0.15, 0.2) is 0 Å². The molecule has 0 amide bonds. The van der Waals surface area contributed by atoms with Crippen LogP contribution in [0.1, 0.15) is 32.1 Å². The molecule has 0 unspecified atom stereocenters. The van der Waals surface area contributed by atoms with Gasteiger partial charge in [0.25, 0.3) is 0 Å². The molecule has 10 heavy (non-hydrogen) atoms. The van der Waals surface area contributed by atoms with Crippen molar-refractivity contribution in [3.63, 3.8) is 0 Å². The van der Waals surface area contributed by atoms with E-state index in [1.54, 1.807) is 0 Å². The van der Waals surface area contributed by atoms with Gasteiger partial charge >= 0.3 is 0 Å². The van der Waals surface area contributed by atoms with Crippen LogP contribution >= 0.6 is 0 Å². The number of nitrogens with two attached hydrogens (primary N) is 1. The highest BCUT2D eigenvalue weighted by Crippen LogP contribution is 2.18. The fourth-order valence-electron chi connectivity index (χ4n) is 1.04. The average molecular weight is 142 g/mol. The van der Waals surface area contributed by atoms with E-state index in [9.17, 15) is 0 Å². The summed E-state index contributed by atoms with van der Waals surface area (Å²) in [7, 11) is 0. The van der Waals surface area contributed by atoms with Crippen molar-refractivity contribution in [3.8, 4) is 0 Å². The zero-order valence-corrected chi connectivity index (χ0v) is 6.60. The molecular formula is C8H18N2. The molecule has 0 atom stereocenters. The molecule has 60 valence electrons. The minimum Gasteiger partial charge on any atom is -0.330 e. The Bertz CT molecular complexity index is 79.3. The van der Waals surface area contributed by atoms with Gasteiger partial charge in [-0.15, -0.1) is 0 Å². The minimum absolute atomic E-state index is 0.851. The van der Waals surface area contributed by atoms with E-state index in [1.807, 2.05) is 0 Å². The monoisotopic (exact) mass is 142 g/mol. The van der Waals surface area contributed by atoms with Crippen molar-refractivity contribution in [2.75, 3.05) is 13.1 Å². The molecule has 1 saturated carbocycles. The quantitative estimate of drug-likeness (QED) is 0.540. The molecule has 1 fully saturated rings. The summed E-state index contributed by atoms with van der Waals surface area (Å²) >= 11 is 0. The number of unbranched alkanes of at least 4 members (excludes halogenated alkanes) is 2. The van der Waals surface area contributed by atoms with Gasteiger partial charge in [0.1, 0.15) is 0 Å². The van der Waals surface area contributed by atoms with Crippen molar-refractivity contribution in [1.29, 1.82) is 0 Å². The van der Waals surface area contributed by atoms with E-state index in [1.165, 1.54) is 38.6 Å². The lowest BCUT2D eigenvalue weighted by Gasteiger charge is -2.00. The standard InChI is InChI=1S/C8H18N2/c9-6-2-1-3-7-10-8-4-5-8/h8,10H,1-7,9H2. The van der Waals surface area contributed by atoms with Crippen molar-refractivity contribution < 1.29 is 0 Å². The molecule has 3 N–H and O–H groups in total. The first-order chi connectivity index (χ1) is 4.93. The van der Waals surface area contributed by atoms with Crippen LogP contribution in [0.15, 0.2) is 0 Å². The molecule has 2 heteroatoms. The summed E-state index contributed by atoms with van der Waals surface area (Å²) in [5.41, 5.74) is 5.36. The smallest absolute Gasteiger partial charge is 0.00682 e. The Balaban J connectivity index is 1.68. The van der Waals surface area contributed by atoms with Gasteiger partial charge in [0.2, 0.25) is 0 Å². The van der Waals surface area contributed by atoms with Crippen LogP contribution in [0.5, 0.6) is 0 Å². The van der Waals surface area contributed by atoms with Gasteiger partial charge in [-0.2, -0.15) is 0 Å². The lowest BCUT2D eigenvalue weighted by Crippen LogP contribution is -2.17. The molecule has 1 rings (SSSR count). The average Bonchev–Trinajstić information content (AvgIpc) is 2.71. The van der Waals surface area contributed by atoms with Gasteiger partial charge in [-0.25, -0.2) is 0 Å². The number of rotatable bonds is 6. The van der Waals surface area contributed by atoms with Crippen LogP contribution in [0, 0.1) is 0 Å². The lowest BCUT2D eigenvalue weighted by atomic mass is 10.2. The molecule has 0 heterocycles. The van der Waals surface area contributed by atoms with Gasteiger partial charge in [-0.1, -0.05) is 6.42 Å². The highest BCUT2D eigenvalue weighted by atomic mass is 14.9. The molecule has 1 aliphatic carbocycles. The van der Waals surface area contributed by atoms with Crippen LogP contribution < -0.4 is 11.1 Å². The van der Waals surface area contributed by atoms with Crippen LogP contribution in [-0.2, 0) is 0 Å². The second-order valence-corrected chi connectivity index (χ2v) is 3.08. The van der Waals surface area contributed by atoms with Gasteiger partial charge in [-0.3, -0.25) is 0 Å². The second-order valence-electron chi connectivity index (χ2n) is 3.08. The largest absolute Gasteiger partial charge is 0.330 e. The molecule has 0 bridgehead atoms.